The summed E-state index contributed by atoms with van der Waals surface area (Å²) in [7, 11) is 0. The molecule has 0 aliphatic heterocycles. The summed E-state index contributed by atoms with van der Waals surface area (Å²) in [5.74, 6) is -1.94. The third-order valence-corrected chi connectivity index (χ3v) is 3.28. The van der Waals surface area contributed by atoms with Crippen LogP contribution in [0.4, 0.5) is 5.82 Å². The zero-order valence-electron chi connectivity index (χ0n) is 11.6. The molecule has 0 radical (unpaired) electrons. The molecule has 2 amide bonds. The highest BCUT2D eigenvalue weighted by Crippen LogP contribution is 2.20. The second-order valence-corrected chi connectivity index (χ2v) is 5.14. The second-order valence-electron chi connectivity index (χ2n) is 4.70. The molecule has 22 heavy (non-hydrogen) atoms. The summed E-state index contributed by atoms with van der Waals surface area (Å²) < 4.78 is 0. The van der Waals surface area contributed by atoms with Crippen LogP contribution in [0.1, 0.15) is 17.0 Å². The van der Waals surface area contributed by atoms with Gasteiger partial charge >= 0.3 is 0 Å². The van der Waals surface area contributed by atoms with E-state index in [1.807, 2.05) is 0 Å². The van der Waals surface area contributed by atoms with Crippen molar-refractivity contribution in [3.05, 3.63) is 58.7 Å². The zero-order valence-corrected chi connectivity index (χ0v) is 12.4. The van der Waals surface area contributed by atoms with Gasteiger partial charge in [-0.25, -0.2) is 4.98 Å². The Morgan fingerprint density at radius 1 is 1.27 bits per heavy atom. The number of amides is 2. The number of carbonyl (C=O) groups excluding carboxylic acids is 2. The van der Waals surface area contributed by atoms with E-state index in [9.17, 15) is 9.59 Å². The van der Waals surface area contributed by atoms with E-state index in [0.717, 1.165) is 5.56 Å². The number of primary amides is 1. The number of nitrogens with zero attached hydrogens (tertiary/aromatic N) is 1. The average molecular weight is 319 g/mol. The van der Waals surface area contributed by atoms with E-state index in [-0.39, 0.29) is 6.54 Å². The first-order chi connectivity index (χ1) is 10.5. The molecule has 1 aromatic carbocycles. The number of pyridine rings is 1. The molecular weight excluding hydrogens is 304 g/mol. The lowest BCUT2D eigenvalue weighted by Gasteiger charge is -2.14. The molecule has 0 unspecified atom stereocenters. The molecule has 0 fully saturated rings. The van der Waals surface area contributed by atoms with Gasteiger partial charge in [-0.05, 0) is 29.3 Å². The summed E-state index contributed by atoms with van der Waals surface area (Å²) >= 11 is 5.88. The van der Waals surface area contributed by atoms with Crippen LogP contribution in [0.15, 0.2) is 42.6 Å². The third kappa shape index (κ3) is 3.95. The van der Waals surface area contributed by atoms with Crippen LogP contribution in [-0.4, -0.2) is 16.8 Å². The van der Waals surface area contributed by atoms with Crippen molar-refractivity contribution in [2.45, 2.75) is 12.5 Å². The number of benzene rings is 1. The SMILES string of the molecule is NC(=O)[C@@H](C(=O)NCc1ccc(N)nc1)c1cccc(Cl)c1. The Kier molecular flexibility index (Phi) is 4.95. The number of nitrogen functional groups attached to an aromatic ring is 1. The summed E-state index contributed by atoms with van der Waals surface area (Å²) in [6, 6.07) is 9.85. The minimum Gasteiger partial charge on any atom is -0.384 e. The van der Waals surface area contributed by atoms with E-state index in [1.54, 1.807) is 42.6 Å². The van der Waals surface area contributed by atoms with E-state index >= 15 is 0 Å². The molecule has 114 valence electrons. The van der Waals surface area contributed by atoms with Crippen molar-refractivity contribution in [3.8, 4) is 0 Å². The highest BCUT2D eigenvalue weighted by molar-refractivity contribution is 6.30. The number of hydrogen-bond acceptors (Lipinski definition) is 4. The van der Waals surface area contributed by atoms with Crippen molar-refractivity contribution < 1.29 is 9.59 Å². The first-order valence-corrected chi connectivity index (χ1v) is 6.88. The van der Waals surface area contributed by atoms with Crippen LogP contribution in [0.5, 0.6) is 0 Å². The van der Waals surface area contributed by atoms with Crippen molar-refractivity contribution >= 4 is 29.2 Å². The normalized spacial score (nSPS) is 11.7. The Morgan fingerprint density at radius 3 is 2.64 bits per heavy atom. The summed E-state index contributed by atoms with van der Waals surface area (Å²) in [5.41, 5.74) is 12.0. The van der Waals surface area contributed by atoms with Crippen molar-refractivity contribution in [2.75, 3.05) is 5.73 Å². The number of rotatable bonds is 5. The van der Waals surface area contributed by atoms with Gasteiger partial charge in [-0.15, -0.1) is 0 Å². The van der Waals surface area contributed by atoms with Crippen molar-refractivity contribution in [1.29, 1.82) is 0 Å². The topological polar surface area (TPSA) is 111 Å². The van der Waals surface area contributed by atoms with E-state index in [2.05, 4.69) is 10.3 Å². The van der Waals surface area contributed by atoms with E-state index in [0.29, 0.717) is 16.4 Å². The van der Waals surface area contributed by atoms with Gasteiger partial charge < -0.3 is 16.8 Å². The third-order valence-electron chi connectivity index (χ3n) is 3.04. The van der Waals surface area contributed by atoms with Gasteiger partial charge in [0.2, 0.25) is 11.8 Å². The lowest BCUT2D eigenvalue weighted by atomic mass is 9.97. The lowest BCUT2D eigenvalue weighted by molar-refractivity contribution is -0.130. The van der Waals surface area contributed by atoms with Crippen LogP contribution in [-0.2, 0) is 16.1 Å². The van der Waals surface area contributed by atoms with Crippen LogP contribution in [0.2, 0.25) is 5.02 Å². The Morgan fingerprint density at radius 2 is 2.05 bits per heavy atom. The predicted octanol–water partition coefficient (Wildman–Crippen LogP) is 1.20. The van der Waals surface area contributed by atoms with Crippen molar-refractivity contribution in [3.63, 3.8) is 0 Å². The van der Waals surface area contributed by atoms with E-state index in [1.165, 1.54) is 0 Å². The lowest BCUT2D eigenvalue weighted by Crippen LogP contribution is -2.36. The molecule has 0 saturated carbocycles. The molecule has 7 heteroatoms. The predicted molar refractivity (Wildman–Crippen MR) is 83.9 cm³/mol. The van der Waals surface area contributed by atoms with Crippen molar-refractivity contribution in [2.24, 2.45) is 5.73 Å². The Labute approximate surface area is 132 Å². The number of anilines is 1. The zero-order chi connectivity index (χ0) is 16.1. The molecular formula is C15H15ClN4O2. The highest BCUT2D eigenvalue weighted by atomic mass is 35.5. The van der Waals surface area contributed by atoms with Crippen LogP contribution < -0.4 is 16.8 Å². The van der Waals surface area contributed by atoms with Gasteiger partial charge in [0.25, 0.3) is 0 Å². The molecule has 1 aromatic heterocycles. The first-order valence-electron chi connectivity index (χ1n) is 6.50. The molecule has 0 saturated heterocycles. The molecule has 0 spiro atoms. The largest absolute Gasteiger partial charge is 0.384 e. The van der Waals surface area contributed by atoms with Crippen molar-refractivity contribution in [1.82, 2.24) is 10.3 Å². The number of nitrogens with one attached hydrogen (secondary N) is 1. The smallest absolute Gasteiger partial charge is 0.237 e. The summed E-state index contributed by atoms with van der Waals surface area (Å²) in [6.45, 7) is 0.219. The van der Waals surface area contributed by atoms with Gasteiger partial charge in [0, 0.05) is 17.8 Å². The monoisotopic (exact) mass is 318 g/mol. The fourth-order valence-electron chi connectivity index (χ4n) is 1.96. The minimum atomic E-state index is -1.10. The second kappa shape index (κ2) is 6.91. The number of nitrogens with two attached hydrogens (primary N) is 2. The Balaban J connectivity index is 2.10. The maximum atomic E-state index is 12.2. The van der Waals surface area contributed by atoms with Gasteiger partial charge in [-0.2, -0.15) is 0 Å². The van der Waals surface area contributed by atoms with Crippen LogP contribution in [0.25, 0.3) is 0 Å². The fourth-order valence-corrected chi connectivity index (χ4v) is 2.16. The minimum absolute atomic E-state index is 0.219. The van der Waals surface area contributed by atoms with Gasteiger partial charge in [0.05, 0.1) is 0 Å². The highest BCUT2D eigenvalue weighted by Gasteiger charge is 2.26. The molecule has 1 atom stereocenters. The summed E-state index contributed by atoms with van der Waals surface area (Å²) in [4.78, 5) is 27.8. The molecule has 2 rings (SSSR count). The number of hydrogen-bond donors (Lipinski definition) is 3. The maximum Gasteiger partial charge on any atom is 0.237 e. The standard InChI is InChI=1S/C15H15ClN4O2/c16-11-3-1-2-10(6-11)13(14(18)21)15(22)20-8-9-4-5-12(17)19-7-9/h1-7,13H,8H2,(H2,17,19)(H2,18,21)(H,20,22)/t13-/m0/s1. The molecule has 0 bridgehead atoms. The van der Waals surface area contributed by atoms with Crippen LogP contribution in [0, 0.1) is 0 Å². The number of aromatic nitrogens is 1. The van der Waals surface area contributed by atoms with Gasteiger partial charge in [-0.1, -0.05) is 29.8 Å². The van der Waals surface area contributed by atoms with Gasteiger partial charge in [0.15, 0.2) is 0 Å². The van der Waals surface area contributed by atoms with E-state index < -0.39 is 17.7 Å². The Bertz CT molecular complexity index is 688. The molecule has 0 aliphatic rings. The summed E-state index contributed by atoms with van der Waals surface area (Å²) in [6.07, 6.45) is 1.55. The number of halogens is 1. The van der Waals surface area contributed by atoms with Crippen LogP contribution >= 0.6 is 11.6 Å². The number of carbonyl (C=O) groups is 2. The molecule has 0 aliphatic carbocycles. The van der Waals surface area contributed by atoms with Gasteiger partial charge in [0.1, 0.15) is 11.7 Å². The fraction of sp³-hybridized carbons (Fsp3) is 0.133. The Hall–Kier alpha value is -2.60. The average Bonchev–Trinajstić information content (AvgIpc) is 2.46. The molecule has 5 N–H and O–H groups in total. The first kappa shape index (κ1) is 15.8. The molecule has 2 aromatic rings. The quantitative estimate of drug-likeness (QED) is 0.719. The summed E-state index contributed by atoms with van der Waals surface area (Å²) in [5, 5.41) is 3.08. The van der Waals surface area contributed by atoms with Crippen LogP contribution in [0.3, 0.4) is 0 Å². The maximum absolute atomic E-state index is 12.2. The van der Waals surface area contributed by atoms with Gasteiger partial charge in [-0.3, -0.25) is 9.59 Å². The molecule has 1 heterocycles. The van der Waals surface area contributed by atoms with E-state index in [4.69, 9.17) is 23.1 Å². The molecule has 6 nitrogen and oxygen atoms in total.